The lowest BCUT2D eigenvalue weighted by atomic mass is 9.80. The summed E-state index contributed by atoms with van der Waals surface area (Å²) >= 11 is 5.76. The Hall–Kier alpha value is -1.60. The van der Waals surface area contributed by atoms with E-state index in [4.69, 9.17) is 11.6 Å². The van der Waals surface area contributed by atoms with Crippen molar-refractivity contribution in [3.8, 4) is 0 Å². The van der Waals surface area contributed by atoms with Crippen molar-refractivity contribution in [1.82, 2.24) is 5.01 Å². The van der Waals surface area contributed by atoms with Crippen molar-refractivity contribution >= 4 is 23.2 Å². The van der Waals surface area contributed by atoms with Crippen LogP contribution in [-0.4, -0.2) is 33.6 Å². The molecule has 1 fully saturated rings. The van der Waals surface area contributed by atoms with Gasteiger partial charge >= 0.3 is 6.18 Å². The van der Waals surface area contributed by atoms with Crippen molar-refractivity contribution in [3.05, 3.63) is 34.9 Å². The van der Waals surface area contributed by atoms with Crippen molar-refractivity contribution in [3.63, 3.8) is 0 Å². The highest BCUT2D eigenvalue weighted by Crippen LogP contribution is 2.48. The number of alkyl halides is 3. The molecule has 1 aliphatic heterocycles. The summed E-state index contributed by atoms with van der Waals surface area (Å²) in [6, 6.07) is 6.22. The van der Waals surface area contributed by atoms with Crippen molar-refractivity contribution in [2.24, 2.45) is 11.0 Å². The number of nitrogens with zero attached hydrogens (tertiary/aromatic N) is 2. The molecule has 0 saturated heterocycles. The first-order valence-corrected chi connectivity index (χ1v) is 8.05. The van der Waals surface area contributed by atoms with Gasteiger partial charge in [0.05, 0.1) is 12.3 Å². The SMILES string of the molecule is O=C(Cc1ccc(Cl)cc1)N1N=C2CCCC[C@@H]2[C@@]1(O)C(F)(F)F. The van der Waals surface area contributed by atoms with Gasteiger partial charge in [-0.1, -0.05) is 30.2 Å². The van der Waals surface area contributed by atoms with Crippen molar-refractivity contribution in [2.45, 2.75) is 44.0 Å². The first kappa shape index (κ1) is 17.2. The number of rotatable bonds is 2. The second-order valence-corrected chi connectivity index (χ2v) is 6.56. The van der Waals surface area contributed by atoms with Gasteiger partial charge < -0.3 is 5.11 Å². The zero-order valence-corrected chi connectivity index (χ0v) is 13.4. The summed E-state index contributed by atoms with van der Waals surface area (Å²) in [5.41, 5.74) is -2.50. The summed E-state index contributed by atoms with van der Waals surface area (Å²) in [5.74, 6) is -2.07. The maximum Gasteiger partial charge on any atom is 0.439 e. The van der Waals surface area contributed by atoms with Gasteiger partial charge in [-0.25, -0.2) is 0 Å². The molecular weight excluding hydrogens is 345 g/mol. The number of hydrogen-bond acceptors (Lipinski definition) is 3. The third-order valence-electron chi connectivity index (χ3n) is 4.54. The molecule has 2 atom stereocenters. The molecule has 0 unspecified atom stereocenters. The number of hydrazone groups is 1. The zero-order chi connectivity index (χ0) is 17.5. The molecule has 0 radical (unpaired) electrons. The normalized spacial score (nSPS) is 27.0. The monoisotopic (exact) mass is 360 g/mol. The number of benzene rings is 1. The molecule has 1 saturated carbocycles. The number of aliphatic hydroxyl groups is 1. The van der Waals surface area contributed by atoms with Crippen LogP contribution in [-0.2, 0) is 11.2 Å². The summed E-state index contributed by atoms with van der Waals surface area (Å²) in [6.07, 6.45) is -3.45. The summed E-state index contributed by atoms with van der Waals surface area (Å²) < 4.78 is 40.7. The highest BCUT2D eigenvalue weighted by molar-refractivity contribution is 6.30. The molecule has 0 bridgehead atoms. The number of halogens is 4. The minimum absolute atomic E-state index is 0.166. The predicted octanol–water partition coefficient (Wildman–Crippen LogP) is 3.52. The van der Waals surface area contributed by atoms with Crippen LogP contribution < -0.4 is 0 Å². The van der Waals surface area contributed by atoms with Crippen LogP contribution in [0.1, 0.15) is 31.2 Å². The molecular formula is C16H16ClF3N2O2. The van der Waals surface area contributed by atoms with E-state index < -0.39 is 23.7 Å². The van der Waals surface area contributed by atoms with E-state index in [-0.39, 0.29) is 23.6 Å². The van der Waals surface area contributed by atoms with Crippen LogP contribution in [0.25, 0.3) is 0 Å². The van der Waals surface area contributed by atoms with Gasteiger partial charge in [0.1, 0.15) is 0 Å². The Morgan fingerprint density at radius 1 is 1.33 bits per heavy atom. The molecule has 1 heterocycles. The zero-order valence-electron chi connectivity index (χ0n) is 12.7. The highest BCUT2D eigenvalue weighted by Gasteiger charge is 2.68. The van der Waals surface area contributed by atoms with E-state index >= 15 is 0 Å². The van der Waals surface area contributed by atoms with Crippen LogP contribution >= 0.6 is 11.6 Å². The van der Waals surface area contributed by atoms with E-state index in [1.54, 1.807) is 24.3 Å². The molecule has 1 N–H and O–H groups in total. The highest BCUT2D eigenvalue weighted by atomic mass is 35.5. The number of carbonyl (C=O) groups is 1. The Morgan fingerprint density at radius 2 is 2.00 bits per heavy atom. The Labute approximate surface area is 141 Å². The van der Waals surface area contributed by atoms with Gasteiger partial charge in [-0.05, 0) is 37.0 Å². The van der Waals surface area contributed by atoms with E-state index in [1.165, 1.54) is 0 Å². The molecule has 3 rings (SSSR count). The fourth-order valence-corrected chi connectivity index (χ4v) is 3.44. The lowest BCUT2D eigenvalue weighted by molar-refractivity contribution is -0.317. The molecule has 4 nitrogen and oxygen atoms in total. The van der Waals surface area contributed by atoms with E-state index in [2.05, 4.69) is 5.10 Å². The lowest BCUT2D eigenvalue weighted by Crippen LogP contribution is -2.61. The molecule has 8 heteroatoms. The fourth-order valence-electron chi connectivity index (χ4n) is 3.32. The third-order valence-corrected chi connectivity index (χ3v) is 4.79. The van der Waals surface area contributed by atoms with Gasteiger partial charge in [0.2, 0.25) is 5.91 Å². The summed E-state index contributed by atoms with van der Waals surface area (Å²) in [5, 5.41) is 15.0. The van der Waals surface area contributed by atoms with Crippen LogP contribution in [0, 0.1) is 5.92 Å². The minimum Gasteiger partial charge on any atom is -0.362 e. The topological polar surface area (TPSA) is 52.9 Å². The molecule has 130 valence electrons. The number of fused-ring (bicyclic) bond motifs is 1. The Balaban J connectivity index is 1.90. The van der Waals surface area contributed by atoms with Crippen LogP contribution in [0.2, 0.25) is 5.02 Å². The predicted molar refractivity (Wildman–Crippen MR) is 82.4 cm³/mol. The molecule has 2 aliphatic rings. The first-order chi connectivity index (χ1) is 11.2. The summed E-state index contributed by atoms with van der Waals surface area (Å²) in [7, 11) is 0. The van der Waals surface area contributed by atoms with Crippen LogP contribution in [0.3, 0.4) is 0 Å². The number of hydrogen-bond donors (Lipinski definition) is 1. The standard InChI is InChI=1S/C16H16ClF3N2O2/c17-11-7-5-10(6-8-11)9-14(23)22-15(24,16(18,19)20)12-3-1-2-4-13(12)21-22/h5-8,12,24H,1-4,9H2/t12-,15+/m0/s1. The molecule has 24 heavy (non-hydrogen) atoms. The van der Waals surface area contributed by atoms with Crippen molar-refractivity contribution < 1.29 is 23.1 Å². The minimum atomic E-state index is -4.98. The first-order valence-electron chi connectivity index (χ1n) is 7.67. The van der Waals surface area contributed by atoms with Crippen molar-refractivity contribution in [2.75, 3.05) is 0 Å². The van der Waals surface area contributed by atoms with E-state index in [9.17, 15) is 23.1 Å². The van der Waals surface area contributed by atoms with E-state index in [0.29, 0.717) is 29.8 Å². The van der Waals surface area contributed by atoms with Gasteiger partial charge in [0.25, 0.3) is 5.72 Å². The maximum absolute atomic E-state index is 13.6. The largest absolute Gasteiger partial charge is 0.439 e. The number of carbonyl (C=O) groups excluding carboxylic acids is 1. The molecule has 1 aromatic carbocycles. The van der Waals surface area contributed by atoms with Crippen LogP contribution in [0.15, 0.2) is 29.4 Å². The molecule has 1 aromatic rings. The summed E-state index contributed by atoms with van der Waals surface area (Å²) in [6.45, 7) is 0. The quantitative estimate of drug-likeness (QED) is 0.877. The lowest BCUT2D eigenvalue weighted by Gasteiger charge is -2.38. The smallest absolute Gasteiger partial charge is 0.362 e. The average Bonchev–Trinajstić information content (AvgIpc) is 2.84. The molecule has 0 aromatic heterocycles. The number of amides is 1. The van der Waals surface area contributed by atoms with E-state index in [0.717, 1.165) is 0 Å². The van der Waals surface area contributed by atoms with Crippen molar-refractivity contribution in [1.29, 1.82) is 0 Å². The van der Waals surface area contributed by atoms with Crippen LogP contribution in [0.4, 0.5) is 13.2 Å². The van der Waals surface area contributed by atoms with Gasteiger partial charge in [-0.3, -0.25) is 4.79 Å². The second-order valence-electron chi connectivity index (χ2n) is 6.12. The fraction of sp³-hybridized carbons (Fsp3) is 0.500. The Bertz CT molecular complexity index is 675. The molecule has 1 amide bonds. The van der Waals surface area contributed by atoms with Crippen LogP contribution in [0.5, 0.6) is 0 Å². The molecule has 0 spiro atoms. The second kappa shape index (κ2) is 6.04. The Morgan fingerprint density at radius 3 is 2.62 bits per heavy atom. The van der Waals surface area contributed by atoms with Gasteiger partial charge in [-0.2, -0.15) is 23.3 Å². The van der Waals surface area contributed by atoms with E-state index in [1.807, 2.05) is 0 Å². The van der Waals surface area contributed by atoms with Gasteiger partial charge in [-0.15, -0.1) is 0 Å². The van der Waals surface area contributed by atoms with Gasteiger partial charge in [0, 0.05) is 10.7 Å². The maximum atomic E-state index is 13.6. The Kier molecular flexibility index (Phi) is 4.34. The molecule has 1 aliphatic carbocycles. The summed E-state index contributed by atoms with van der Waals surface area (Å²) in [4.78, 5) is 12.4. The average molecular weight is 361 g/mol. The van der Waals surface area contributed by atoms with Gasteiger partial charge in [0.15, 0.2) is 0 Å². The third kappa shape index (κ3) is 2.80.